The third-order valence-electron chi connectivity index (χ3n) is 4.33. The van der Waals surface area contributed by atoms with Gasteiger partial charge in [0.25, 0.3) is 0 Å². The Morgan fingerprint density at radius 2 is 1.50 bits per heavy atom. The van der Waals surface area contributed by atoms with E-state index in [0.29, 0.717) is 5.92 Å². The molecule has 0 bridgehead atoms. The lowest BCUT2D eigenvalue weighted by Crippen LogP contribution is -2.28. The molecule has 3 rings (SSSR count). The summed E-state index contributed by atoms with van der Waals surface area (Å²) in [5.74, 6) is 0.497. The summed E-state index contributed by atoms with van der Waals surface area (Å²) in [5, 5.41) is 10.5. The number of hydrogen-bond acceptors (Lipinski definition) is 2. The monoisotopic (exact) mass is 337 g/mol. The Hall–Kier alpha value is -1.06. The van der Waals surface area contributed by atoms with E-state index in [2.05, 4.69) is 24.3 Å². The Labute approximate surface area is 142 Å². The number of nitrogens with two attached hydrogens (primary N) is 1. The van der Waals surface area contributed by atoms with E-state index in [1.165, 1.54) is 16.7 Å². The number of aliphatic hydroxyl groups excluding tert-OH is 1. The first-order valence-electron chi connectivity index (χ1n) is 7.40. The SMILES string of the molecule is Cl.N[C@H]1C[C@@H](Cc2ccc(-c3ccc(Cl)cc3)cc2)C[C@@H]1O. The first-order chi connectivity index (χ1) is 10.1. The van der Waals surface area contributed by atoms with E-state index in [0.717, 1.165) is 24.3 Å². The minimum absolute atomic E-state index is 0. The third kappa shape index (κ3) is 4.02. The second-order valence-electron chi connectivity index (χ2n) is 5.98. The third-order valence-corrected chi connectivity index (χ3v) is 4.58. The number of aliphatic hydroxyl groups is 1. The molecule has 3 N–H and O–H groups in total. The van der Waals surface area contributed by atoms with Gasteiger partial charge in [-0.25, -0.2) is 0 Å². The topological polar surface area (TPSA) is 46.2 Å². The van der Waals surface area contributed by atoms with Crippen LogP contribution in [0, 0.1) is 5.92 Å². The molecule has 0 spiro atoms. The van der Waals surface area contributed by atoms with Crippen molar-refractivity contribution in [3.05, 3.63) is 59.1 Å². The van der Waals surface area contributed by atoms with Gasteiger partial charge in [0.1, 0.15) is 0 Å². The Bertz CT molecular complexity index is 587. The summed E-state index contributed by atoms with van der Waals surface area (Å²) in [6.07, 6.45) is 2.40. The molecule has 1 aliphatic carbocycles. The maximum atomic E-state index is 9.73. The van der Waals surface area contributed by atoms with Crippen LogP contribution in [0.2, 0.25) is 5.02 Å². The molecule has 0 amide bonds. The van der Waals surface area contributed by atoms with E-state index in [1.807, 2.05) is 24.3 Å². The van der Waals surface area contributed by atoms with E-state index in [9.17, 15) is 5.11 Å². The zero-order valence-corrected chi connectivity index (χ0v) is 13.9. The largest absolute Gasteiger partial charge is 0.392 e. The van der Waals surface area contributed by atoms with Crippen LogP contribution < -0.4 is 5.73 Å². The van der Waals surface area contributed by atoms with Crippen molar-refractivity contribution in [2.75, 3.05) is 0 Å². The van der Waals surface area contributed by atoms with Gasteiger partial charge in [0.15, 0.2) is 0 Å². The molecular weight excluding hydrogens is 317 g/mol. The van der Waals surface area contributed by atoms with Crippen molar-refractivity contribution in [1.29, 1.82) is 0 Å². The minimum Gasteiger partial charge on any atom is -0.392 e. The normalized spacial score (nSPS) is 24.0. The molecule has 0 aliphatic heterocycles. The van der Waals surface area contributed by atoms with Crippen LogP contribution in [0.4, 0.5) is 0 Å². The van der Waals surface area contributed by atoms with Gasteiger partial charge in [-0.15, -0.1) is 12.4 Å². The summed E-state index contributed by atoms with van der Waals surface area (Å²) in [4.78, 5) is 0. The van der Waals surface area contributed by atoms with Crippen molar-refractivity contribution < 1.29 is 5.11 Å². The van der Waals surface area contributed by atoms with Crippen molar-refractivity contribution in [3.8, 4) is 11.1 Å². The minimum atomic E-state index is -0.330. The molecule has 1 fully saturated rings. The highest BCUT2D eigenvalue weighted by atomic mass is 35.5. The summed E-state index contributed by atoms with van der Waals surface area (Å²) in [6.45, 7) is 0. The van der Waals surface area contributed by atoms with Crippen molar-refractivity contribution in [1.82, 2.24) is 0 Å². The fourth-order valence-electron chi connectivity index (χ4n) is 3.13. The number of halogens is 2. The molecule has 0 saturated heterocycles. The van der Waals surface area contributed by atoms with Gasteiger partial charge in [-0.3, -0.25) is 0 Å². The van der Waals surface area contributed by atoms with E-state index in [-0.39, 0.29) is 24.6 Å². The molecular formula is C18H21Cl2NO. The van der Waals surface area contributed by atoms with Crippen LogP contribution in [0.5, 0.6) is 0 Å². The number of benzene rings is 2. The smallest absolute Gasteiger partial charge is 0.0693 e. The van der Waals surface area contributed by atoms with Crippen LogP contribution >= 0.6 is 24.0 Å². The van der Waals surface area contributed by atoms with Gasteiger partial charge in [0, 0.05) is 11.1 Å². The first-order valence-corrected chi connectivity index (χ1v) is 7.78. The summed E-state index contributed by atoms with van der Waals surface area (Å²) in [6, 6.07) is 16.4. The fourth-order valence-corrected chi connectivity index (χ4v) is 3.26. The van der Waals surface area contributed by atoms with Gasteiger partial charge in [-0.2, -0.15) is 0 Å². The van der Waals surface area contributed by atoms with Crippen LogP contribution in [0.25, 0.3) is 11.1 Å². The summed E-state index contributed by atoms with van der Waals surface area (Å²) < 4.78 is 0. The standard InChI is InChI=1S/C18H20ClNO.ClH/c19-16-7-5-15(6-8-16)14-3-1-12(2-4-14)9-13-10-17(20)18(21)11-13;/h1-8,13,17-18,21H,9-11,20H2;1H/t13-,17+,18+;/m1./s1. The summed E-state index contributed by atoms with van der Waals surface area (Å²) >= 11 is 5.91. The van der Waals surface area contributed by atoms with Crippen LogP contribution in [-0.4, -0.2) is 17.3 Å². The molecule has 2 aromatic rings. The van der Waals surface area contributed by atoms with Gasteiger partial charge in [-0.1, -0.05) is 48.0 Å². The highest BCUT2D eigenvalue weighted by Gasteiger charge is 2.29. The summed E-state index contributed by atoms with van der Waals surface area (Å²) in [7, 11) is 0. The van der Waals surface area contributed by atoms with Crippen molar-refractivity contribution >= 4 is 24.0 Å². The second-order valence-corrected chi connectivity index (χ2v) is 6.41. The van der Waals surface area contributed by atoms with Crippen LogP contribution in [0.3, 0.4) is 0 Å². The van der Waals surface area contributed by atoms with Gasteiger partial charge in [0.05, 0.1) is 6.10 Å². The highest BCUT2D eigenvalue weighted by Crippen LogP contribution is 2.29. The Morgan fingerprint density at radius 1 is 0.955 bits per heavy atom. The predicted molar refractivity (Wildman–Crippen MR) is 94.5 cm³/mol. The molecule has 0 unspecified atom stereocenters. The average molecular weight is 338 g/mol. The van der Waals surface area contributed by atoms with E-state index in [4.69, 9.17) is 17.3 Å². The molecule has 4 heteroatoms. The molecule has 0 heterocycles. The molecule has 22 heavy (non-hydrogen) atoms. The summed E-state index contributed by atoms with van der Waals surface area (Å²) in [5.41, 5.74) is 9.54. The molecule has 2 aromatic carbocycles. The van der Waals surface area contributed by atoms with Gasteiger partial charge < -0.3 is 10.8 Å². The molecule has 3 atom stereocenters. The first kappa shape index (κ1) is 17.3. The van der Waals surface area contributed by atoms with Crippen LogP contribution in [0.1, 0.15) is 18.4 Å². The zero-order chi connectivity index (χ0) is 14.8. The quantitative estimate of drug-likeness (QED) is 0.886. The number of hydrogen-bond donors (Lipinski definition) is 2. The lowest BCUT2D eigenvalue weighted by molar-refractivity contribution is 0.161. The lowest BCUT2D eigenvalue weighted by atomic mass is 9.96. The maximum absolute atomic E-state index is 9.73. The molecule has 2 nitrogen and oxygen atoms in total. The Balaban J connectivity index is 0.00000176. The molecule has 0 radical (unpaired) electrons. The van der Waals surface area contributed by atoms with E-state index >= 15 is 0 Å². The molecule has 0 aromatic heterocycles. The second kappa shape index (κ2) is 7.47. The molecule has 1 aliphatic rings. The van der Waals surface area contributed by atoms with Gasteiger partial charge in [0.2, 0.25) is 0 Å². The van der Waals surface area contributed by atoms with E-state index < -0.39 is 0 Å². The fraction of sp³-hybridized carbons (Fsp3) is 0.333. The number of rotatable bonds is 3. The van der Waals surface area contributed by atoms with Gasteiger partial charge >= 0.3 is 0 Å². The zero-order valence-electron chi connectivity index (χ0n) is 12.3. The molecule has 118 valence electrons. The average Bonchev–Trinajstić information content (AvgIpc) is 2.79. The molecule has 1 saturated carbocycles. The van der Waals surface area contributed by atoms with E-state index in [1.54, 1.807) is 0 Å². The van der Waals surface area contributed by atoms with Crippen LogP contribution in [-0.2, 0) is 6.42 Å². The van der Waals surface area contributed by atoms with Gasteiger partial charge in [-0.05, 0) is 54.0 Å². The Kier molecular flexibility index (Phi) is 5.87. The lowest BCUT2D eigenvalue weighted by Gasteiger charge is -2.10. The Morgan fingerprint density at radius 3 is 2.00 bits per heavy atom. The highest BCUT2D eigenvalue weighted by molar-refractivity contribution is 6.30. The van der Waals surface area contributed by atoms with Crippen molar-refractivity contribution in [3.63, 3.8) is 0 Å². The van der Waals surface area contributed by atoms with Crippen molar-refractivity contribution in [2.45, 2.75) is 31.4 Å². The van der Waals surface area contributed by atoms with Crippen LogP contribution in [0.15, 0.2) is 48.5 Å². The predicted octanol–water partition coefficient (Wildman–Crippen LogP) is 4.07. The maximum Gasteiger partial charge on any atom is 0.0693 e. The van der Waals surface area contributed by atoms with Crippen molar-refractivity contribution in [2.24, 2.45) is 11.7 Å².